The molecule has 0 saturated carbocycles. The minimum absolute atomic E-state index is 0.0361. The van der Waals surface area contributed by atoms with Gasteiger partial charge in [-0.15, -0.1) is 11.8 Å². The molecule has 14 nitrogen and oxygen atoms in total. The summed E-state index contributed by atoms with van der Waals surface area (Å²) in [4.78, 5) is 81.0. The zero-order valence-corrected chi connectivity index (χ0v) is 28.7. The number of hydrogen-bond donors (Lipinski definition) is 1. The Morgan fingerprint density at radius 2 is 1.49 bits per heavy atom. The number of carbonyl (C=O) groups is 6. The Labute approximate surface area is 286 Å². The minimum Gasteiger partial charge on any atom is -0.459 e. The number of nitrogens with one attached hydrogen (secondary N) is 1. The van der Waals surface area contributed by atoms with Crippen molar-refractivity contribution in [2.45, 2.75) is 85.0 Å². The molecule has 0 radical (unpaired) electrons. The van der Waals surface area contributed by atoms with Crippen LogP contribution in [0.1, 0.15) is 51.2 Å². The van der Waals surface area contributed by atoms with Crippen molar-refractivity contribution < 1.29 is 51.4 Å². The van der Waals surface area contributed by atoms with Crippen molar-refractivity contribution in [3.05, 3.63) is 71.8 Å². The molecule has 2 aromatic rings. The first-order valence-electron chi connectivity index (χ1n) is 15.5. The van der Waals surface area contributed by atoms with Crippen LogP contribution in [-0.4, -0.2) is 99.0 Å². The number of amides is 3. The first kappa shape index (κ1) is 34.4. The first-order valence-corrected chi connectivity index (χ1v) is 17.9. The van der Waals surface area contributed by atoms with Gasteiger partial charge in [0.15, 0.2) is 15.8 Å². The topological polar surface area (TPSA) is 183 Å². The molecule has 260 valence electrons. The first-order chi connectivity index (χ1) is 23.1. The monoisotopic (exact) mass is 713 g/mol. The molecule has 16 heteroatoms. The molecule has 0 spiro atoms. The highest BCUT2D eigenvalue weighted by molar-refractivity contribution is 8.01. The van der Waals surface area contributed by atoms with Gasteiger partial charge in [0.2, 0.25) is 24.5 Å². The van der Waals surface area contributed by atoms with Gasteiger partial charge in [0, 0.05) is 4.75 Å². The second-order valence-corrected chi connectivity index (χ2v) is 17.7. The standard InChI is InChI=1S/C33H35N3O11S2/c1-32(2)24(30(41)45-16-18-11-7-5-8-12-18)36-27(39)23(28(36)48-32)34-26(38)22(19-13-9-6-10-14-19)29(40)46-17-47-31(42)25-33(3,4)49(43,44)21-15-20(37)35(21)25/h5-14,21-25,28H,15-17H2,1-4H3,(H,34,38)/t21-,22?,23-,24+,25+,28-/m1/s1. The van der Waals surface area contributed by atoms with Gasteiger partial charge in [0.1, 0.15) is 35.5 Å². The smallest absolute Gasteiger partial charge is 0.333 e. The normalized spacial score (nSPS) is 27.5. The lowest BCUT2D eigenvalue weighted by Gasteiger charge is -2.44. The Kier molecular flexibility index (Phi) is 8.76. The van der Waals surface area contributed by atoms with Crippen LogP contribution in [0.4, 0.5) is 0 Å². The average molecular weight is 714 g/mol. The summed E-state index contributed by atoms with van der Waals surface area (Å²) in [6.45, 7) is 5.34. The number of fused-ring (bicyclic) bond motifs is 2. The summed E-state index contributed by atoms with van der Waals surface area (Å²) < 4.78 is 39.1. The fraction of sp³-hybridized carbons (Fsp3) is 0.455. The van der Waals surface area contributed by atoms with Gasteiger partial charge >= 0.3 is 17.9 Å². The van der Waals surface area contributed by atoms with Crippen molar-refractivity contribution in [1.29, 1.82) is 0 Å². The summed E-state index contributed by atoms with van der Waals surface area (Å²) in [5.41, 5.74) is 1.03. The number of thioether (sulfide) groups is 1. The van der Waals surface area contributed by atoms with E-state index in [0.29, 0.717) is 0 Å². The molecule has 49 heavy (non-hydrogen) atoms. The van der Waals surface area contributed by atoms with Gasteiger partial charge in [0.25, 0.3) is 0 Å². The molecule has 3 amide bonds. The van der Waals surface area contributed by atoms with Crippen LogP contribution >= 0.6 is 11.8 Å². The van der Waals surface area contributed by atoms with E-state index >= 15 is 0 Å². The number of rotatable bonds is 10. The number of carbonyl (C=O) groups excluding carboxylic acids is 6. The predicted molar refractivity (Wildman–Crippen MR) is 173 cm³/mol. The molecule has 4 heterocycles. The summed E-state index contributed by atoms with van der Waals surface area (Å²) in [7, 11) is -3.86. The second kappa shape index (κ2) is 12.5. The van der Waals surface area contributed by atoms with E-state index in [4.69, 9.17) is 14.2 Å². The van der Waals surface area contributed by atoms with E-state index in [1.54, 1.807) is 18.2 Å². The van der Waals surface area contributed by atoms with Crippen LogP contribution < -0.4 is 5.32 Å². The van der Waals surface area contributed by atoms with Gasteiger partial charge < -0.3 is 29.3 Å². The molecule has 4 aliphatic rings. The fourth-order valence-electron chi connectivity index (χ4n) is 6.73. The van der Waals surface area contributed by atoms with Crippen LogP contribution in [0.2, 0.25) is 0 Å². The van der Waals surface area contributed by atoms with Crippen LogP contribution in [0.5, 0.6) is 0 Å². The molecular weight excluding hydrogens is 679 g/mol. The van der Waals surface area contributed by atoms with E-state index in [9.17, 15) is 37.2 Å². The van der Waals surface area contributed by atoms with Crippen LogP contribution in [0, 0.1) is 0 Å². The van der Waals surface area contributed by atoms with Crippen molar-refractivity contribution in [1.82, 2.24) is 15.1 Å². The van der Waals surface area contributed by atoms with E-state index in [0.717, 1.165) is 10.5 Å². The Bertz CT molecular complexity index is 1820. The average Bonchev–Trinajstić information content (AvgIpc) is 3.38. The van der Waals surface area contributed by atoms with E-state index in [1.807, 2.05) is 44.2 Å². The predicted octanol–water partition coefficient (Wildman–Crippen LogP) is 1.24. The maximum atomic E-state index is 13.6. The quantitative estimate of drug-likeness (QED) is 0.161. The largest absolute Gasteiger partial charge is 0.459 e. The molecule has 4 fully saturated rings. The van der Waals surface area contributed by atoms with Gasteiger partial charge in [-0.25, -0.2) is 18.0 Å². The Morgan fingerprint density at radius 1 is 0.878 bits per heavy atom. The minimum atomic E-state index is -3.86. The molecule has 4 saturated heterocycles. The molecule has 6 atom stereocenters. The summed E-state index contributed by atoms with van der Waals surface area (Å²) in [5.74, 6) is -6.20. The Hall–Kier alpha value is -4.44. The SMILES string of the molecule is CC1(C)S[C@@H]2[C@H](NC(=O)C(C(=O)OCOC(=O)[C@@H]3N4C(=O)C[C@H]4S(=O)(=O)C3(C)C)c3ccccc3)C(=O)N2[C@H]1C(=O)OCc1ccccc1. The highest BCUT2D eigenvalue weighted by Crippen LogP contribution is 2.51. The Balaban J connectivity index is 1.10. The third-order valence-electron chi connectivity index (χ3n) is 9.42. The van der Waals surface area contributed by atoms with Crippen LogP contribution in [0.25, 0.3) is 0 Å². The third-order valence-corrected chi connectivity index (χ3v) is 13.8. The van der Waals surface area contributed by atoms with Crippen molar-refractivity contribution in [2.24, 2.45) is 0 Å². The van der Waals surface area contributed by atoms with E-state index in [1.165, 1.54) is 42.6 Å². The summed E-state index contributed by atoms with van der Waals surface area (Å²) in [6, 6.07) is 13.6. The van der Waals surface area contributed by atoms with Gasteiger partial charge in [0.05, 0.1) is 11.2 Å². The highest BCUT2D eigenvalue weighted by atomic mass is 32.2. The Morgan fingerprint density at radius 3 is 2.12 bits per heavy atom. The molecule has 0 aromatic heterocycles. The number of nitrogens with zero attached hydrogens (tertiary/aromatic N) is 2. The molecule has 2 aromatic carbocycles. The maximum Gasteiger partial charge on any atom is 0.333 e. The molecule has 1 N–H and O–H groups in total. The lowest BCUT2D eigenvalue weighted by molar-refractivity contribution is -0.176. The summed E-state index contributed by atoms with van der Waals surface area (Å²) >= 11 is 1.32. The van der Waals surface area contributed by atoms with Crippen molar-refractivity contribution in [3.63, 3.8) is 0 Å². The third kappa shape index (κ3) is 5.73. The van der Waals surface area contributed by atoms with Crippen LogP contribution in [0.15, 0.2) is 60.7 Å². The van der Waals surface area contributed by atoms with E-state index in [2.05, 4.69) is 5.32 Å². The fourth-order valence-corrected chi connectivity index (χ4v) is 10.5. The van der Waals surface area contributed by atoms with Crippen molar-refractivity contribution in [3.8, 4) is 0 Å². The van der Waals surface area contributed by atoms with Gasteiger partial charge in [-0.2, -0.15) is 0 Å². The number of sulfone groups is 1. The zero-order chi connectivity index (χ0) is 35.5. The summed E-state index contributed by atoms with van der Waals surface area (Å²) in [5, 5.41) is 0.913. The zero-order valence-electron chi connectivity index (χ0n) is 27.1. The van der Waals surface area contributed by atoms with E-state index < -0.39 is 96.5 Å². The van der Waals surface area contributed by atoms with E-state index in [-0.39, 0.29) is 18.6 Å². The lowest BCUT2D eigenvalue weighted by Crippen LogP contribution is -2.71. The van der Waals surface area contributed by atoms with Crippen LogP contribution in [-0.2, 0) is 59.4 Å². The van der Waals surface area contributed by atoms with Gasteiger partial charge in [-0.05, 0) is 38.8 Å². The molecule has 1 unspecified atom stereocenters. The highest BCUT2D eigenvalue weighted by Gasteiger charge is 2.68. The number of β-lactam (4-membered cyclic amide) rings is 2. The molecule has 0 aliphatic carbocycles. The van der Waals surface area contributed by atoms with Crippen molar-refractivity contribution >= 4 is 57.2 Å². The van der Waals surface area contributed by atoms with Gasteiger partial charge in [-0.1, -0.05) is 60.7 Å². The summed E-state index contributed by atoms with van der Waals surface area (Å²) in [6.07, 6.45) is -0.227. The molecule has 4 aliphatic heterocycles. The molecule has 0 bridgehead atoms. The van der Waals surface area contributed by atoms with Crippen LogP contribution in [0.3, 0.4) is 0 Å². The van der Waals surface area contributed by atoms with Gasteiger partial charge in [-0.3, -0.25) is 19.2 Å². The number of esters is 3. The molecular formula is C33H35N3O11S2. The van der Waals surface area contributed by atoms with Crippen molar-refractivity contribution in [2.75, 3.05) is 6.79 Å². The number of hydrogen-bond acceptors (Lipinski definition) is 12. The lowest BCUT2D eigenvalue weighted by atomic mass is 9.94. The molecule has 6 rings (SSSR count). The maximum absolute atomic E-state index is 13.6. The second-order valence-electron chi connectivity index (χ2n) is 13.2. The number of ether oxygens (including phenoxy) is 3. The number of benzene rings is 2.